The van der Waals surface area contributed by atoms with E-state index in [9.17, 15) is 15.6 Å². The number of aliphatic hydroxyl groups is 1. The maximum absolute atomic E-state index is 10.2. The standard InChI is InChI=1S/C26H30ClN11O/c27-23-21(33-25-34-24-17(12-29)13-31-38(24)26(35-25)32-18-1-2-18)9-16(11-28)10-22(23)36-7-8-37(20(14-36)15-39)19-3-5-30-6-4-19/h9-10,13,18-20,30,39H,1-8,14-15H2,(H2,32,33,34,35)/t20-/m1/s1. The fourth-order valence-electron chi connectivity index (χ4n) is 5.50. The van der Waals surface area contributed by atoms with Crippen molar-refractivity contribution in [3.63, 3.8) is 0 Å². The van der Waals surface area contributed by atoms with Gasteiger partial charge < -0.3 is 26.0 Å². The van der Waals surface area contributed by atoms with Gasteiger partial charge in [0, 0.05) is 31.7 Å². The van der Waals surface area contributed by atoms with Crippen molar-refractivity contribution in [1.82, 2.24) is 29.8 Å². The van der Waals surface area contributed by atoms with Crippen molar-refractivity contribution in [2.75, 3.05) is 54.9 Å². The van der Waals surface area contributed by atoms with Crippen LogP contribution in [-0.2, 0) is 0 Å². The molecule has 0 spiro atoms. The van der Waals surface area contributed by atoms with Crippen molar-refractivity contribution >= 4 is 40.5 Å². The van der Waals surface area contributed by atoms with Gasteiger partial charge in [-0.05, 0) is 50.9 Å². The number of rotatable bonds is 7. The molecule has 2 saturated heterocycles. The fourth-order valence-corrected chi connectivity index (χ4v) is 5.78. The summed E-state index contributed by atoms with van der Waals surface area (Å²) in [6.07, 6.45) is 5.69. The van der Waals surface area contributed by atoms with Crippen LogP contribution in [0, 0.1) is 22.7 Å². The SMILES string of the molecule is N#Cc1cc(Nc2nc(NC3CC3)n3ncc(C#N)c3n2)c(Cl)c(N2CCN(C3CCNCC3)[C@@H](CO)C2)c1. The summed E-state index contributed by atoms with van der Waals surface area (Å²) in [6.45, 7) is 4.18. The Labute approximate surface area is 231 Å². The number of hydrogen-bond acceptors (Lipinski definition) is 11. The molecule has 0 bridgehead atoms. The summed E-state index contributed by atoms with van der Waals surface area (Å²) in [5, 5.41) is 44.2. The summed E-state index contributed by atoms with van der Waals surface area (Å²) in [4.78, 5) is 13.7. The van der Waals surface area contributed by atoms with E-state index < -0.39 is 0 Å². The number of halogens is 1. The summed E-state index contributed by atoms with van der Waals surface area (Å²) < 4.78 is 1.53. The van der Waals surface area contributed by atoms with E-state index in [-0.39, 0.29) is 18.6 Å². The molecule has 13 heteroatoms. The number of nitriles is 2. The first kappa shape index (κ1) is 25.6. The first-order valence-corrected chi connectivity index (χ1v) is 13.7. The lowest BCUT2D eigenvalue weighted by Crippen LogP contribution is -2.59. The van der Waals surface area contributed by atoms with Gasteiger partial charge in [0.2, 0.25) is 11.9 Å². The molecule has 0 radical (unpaired) electrons. The van der Waals surface area contributed by atoms with Gasteiger partial charge in [0.25, 0.3) is 0 Å². The number of piperazine rings is 1. The third kappa shape index (κ3) is 5.16. The Morgan fingerprint density at radius 3 is 2.64 bits per heavy atom. The van der Waals surface area contributed by atoms with Crippen LogP contribution in [0.2, 0.25) is 5.02 Å². The minimum Gasteiger partial charge on any atom is -0.395 e. The number of nitrogens with zero attached hydrogens (tertiary/aromatic N) is 8. The Morgan fingerprint density at radius 2 is 1.92 bits per heavy atom. The molecule has 3 aromatic rings. The van der Waals surface area contributed by atoms with Crippen molar-refractivity contribution < 1.29 is 5.11 Å². The van der Waals surface area contributed by atoms with Gasteiger partial charge in [-0.2, -0.15) is 30.1 Å². The average molecular weight is 548 g/mol. The van der Waals surface area contributed by atoms with Crippen molar-refractivity contribution in [1.29, 1.82) is 10.5 Å². The van der Waals surface area contributed by atoms with Crippen LogP contribution in [0.3, 0.4) is 0 Å². The zero-order valence-corrected chi connectivity index (χ0v) is 22.2. The molecule has 202 valence electrons. The van der Waals surface area contributed by atoms with Gasteiger partial charge in [0.15, 0.2) is 5.65 Å². The molecule has 2 aliphatic heterocycles. The maximum Gasteiger partial charge on any atom is 0.232 e. The first-order chi connectivity index (χ1) is 19.1. The topological polar surface area (TPSA) is 153 Å². The van der Waals surface area contributed by atoms with Crippen LogP contribution in [0.4, 0.5) is 23.3 Å². The van der Waals surface area contributed by atoms with E-state index >= 15 is 0 Å². The average Bonchev–Trinajstić information content (AvgIpc) is 3.69. The second kappa shape index (κ2) is 10.8. The molecule has 2 aromatic heterocycles. The Kier molecular flexibility index (Phi) is 7.11. The van der Waals surface area contributed by atoms with Crippen LogP contribution in [0.15, 0.2) is 18.3 Å². The Balaban J connectivity index is 1.30. The number of nitrogens with one attached hydrogen (secondary N) is 3. The summed E-state index contributed by atoms with van der Waals surface area (Å²) in [5.41, 5.74) is 2.37. The van der Waals surface area contributed by atoms with Gasteiger partial charge in [0.05, 0.1) is 46.9 Å². The van der Waals surface area contributed by atoms with Crippen molar-refractivity contribution in [3.05, 3.63) is 34.5 Å². The molecule has 6 rings (SSSR count). The lowest BCUT2D eigenvalue weighted by atomic mass is 10.00. The van der Waals surface area contributed by atoms with Crippen LogP contribution in [0.25, 0.3) is 5.65 Å². The molecule has 1 saturated carbocycles. The minimum atomic E-state index is -0.0202. The molecule has 4 heterocycles. The predicted octanol–water partition coefficient (Wildman–Crippen LogP) is 2.07. The molecule has 4 N–H and O–H groups in total. The number of aromatic nitrogens is 4. The third-order valence-electron chi connectivity index (χ3n) is 7.69. The van der Waals surface area contributed by atoms with Crippen LogP contribution < -0.4 is 20.9 Å². The van der Waals surface area contributed by atoms with Crippen LogP contribution in [-0.4, -0.2) is 87.0 Å². The zero-order chi connectivity index (χ0) is 26.9. The molecule has 12 nitrogen and oxygen atoms in total. The van der Waals surface area contributed by atoms with Gasteiger partial charge in [-0.15, -0.1) is 0 Å². The summed E-state index contributed by atoms with van der Waals surface area (Å²) in [7, 11) is 0. The van der Waals surface area contributed by atoms with E-state index in [0.717, 1.165) is 57.5 Å². The number of benzene rings is 1. The number of aliphatic hydroxyl groups excluding tert-OH is 1. The Hall–Kier alpha value is -3.68. The molecule has 1 atom stereocenters. The van der Waals surface area contributed by atoms with Crippen molar-refractivity contribution in [2.45, 2.75) is 43.8 Å². The van der Waals surface area contributed by atoms with E-state index in [2.05, 4.69) is 53.0 Å². The van der Waals surface area contributed by atoms with Crippen LogP contribution >= 0.6 is 11.6 Å². The van der Waals surface area contributed by atoms with E-state index in [0.29, 0.717) is 52.1 Å². The molecule has 1 aromatic carbocycles. The number of piperidine rings is 1. The Morgan fingerprint density at radius 1 is 1.10 bits per heavy atom. The van der Waals surface area contributed by atoms with E-state index in [1.54, 1.807) is 12.1 Å². The number of anilines is 4. The van der Waals surface area contributed by atoms with Gasteiger partial charge >= 0.3 is 0 Å². The molecule has 39 heavy (non-hydrogen) atoms. The van der Waals surface area contributed by atoms with Gasteiger partial charge in [-0.1, -0.05) is 11.6 Å². The van der Waals surface area contributed by atoms with Gasteiger partial charge in [-0.25, -0.2) is 0 Å². The van der Waals surface area contributed by atoms with E-state index in [1.807, 2.05) is 0 Å². The minimum absolute atomic E-state index is 0.0202. The second-order valence-corrected chi connectivity index (χ2v) is 10.7. The summed E-state index contributed by atoms with van der Waals surface area (Å²) >= 11 is 6.95. The van der Waals surface area contributed by atoms with E-state index in [1.165, 1.54) is 10.7 Å². The third-order valence-corrected chi connectivity index (χ3v) is 8.08. The molecule has 0 amide bonds. The van der Waals surface area contributed by atoms with E-state index in [4.69, 9.17) is 11.6 Å². The molecular weight excluding hydrogens is 518 g/mol. The van der Waals surface area contributed by atoms with Crippen molar-refractivity contribution in [3.8, 4) is 12.1 Å². The lowest BCUT2D eigenvalue weighted by molar-refractivity contribution is 0.0586. The highest BCUT2D eigenvalue weighted by molar-refractivity contribution is 6.36. The quantitative estimate of drug-likeness (QED) is 0.343. The van der Waals surface area contributed by atoms with Crippen LogP contribution in [0.1, 0.15) is 36.8 Å². The largest absolute Gasteiger partial charge is 0.395 e. The summed E-state index contributed by atoms with van der Waals surface area (Å²) in [5.74, 6) is 0.730. The molecule has 0 unspecified atom stereocenters. The lowest BCUT2D eigenvalue weighted by Gasteiger charge is -2.46. The van der Waals surface area contributed by atoms with Gasteiger partial charge in [-0.3, -0.25) is 4.90 Å². The number of fused-ring (bicyclic) bond motifs is 1. The normalized spacial score (nSPS) is 20.5. The zero-order valence-electron chi connectivity index (χ0n) is 21.4. The van der Waals surface area contributed by atoms with Gasteiger partial charge in [0.1, 0.15) is 11.6 Å². The van der Waals surface area contributed by atoms with Crippen LogP contribution in [0.5, 0.6) is 0 Å². The highest BCUT2D eigenvalue weighted by atomic mass is 35.5. The highest BCUT2D eigenvalue weighted by Gasteiger charge is 2.33. The fraction of sp³-hybridized carbons (Fsp3) is 0.500. The monoisotopic (exact) mass is 547 g/mol. The number of hydrogen-bond donors (Lipinski definition) is 4. The summed E-state index contributed by atoms with van der Waals surface area (Å²) in [6, 6.07) is 8.56. The second-order valence-electron chi connectivity index (χ2n) is 10.3. The smallest absolute Gasteiger partial charge is 0.232 e. The molecule has 3 fully saturated rings. The molecule has 1 aliphatic carbocycles. The highest BCUT2D eigenvalue weighted by Crippen LogP contribution is 2.37. The molecule has 3 aliphatic rings. The van der Waals surface area contributed by atoms with Crippen molar-refractivity contribution in [2.24, 2.45) is 0 Å². The Bertz CT molecular complexity index is 1450. The maximum atomic E-state index is 10.2. The first-order valence-electron chi connectivity index (χ1n) is 13.3. The predicted molar refractivity (Wildman–Crippen MR) is 147 cm³/mol. The molecular formula is C26H30ClN11O.